The molecule has 1 aromatic carbocycles. The number of fused-ring (bicyclic) bond motifs is 2. The molecule has 0 spiro atoms. The number of alkyl halides is 3. The van der Waals surface area contributed by atoms with E-state index >= 15 is 0 Å². The summed E-state index contributed by atoms with van der Waals surface area (Å²) in [6.07, 6.45) is -2.62. The van der Waals surface area contributed by atoms with Crippen LogP contribution in [0.3, 0.4) is 0 Å². The van der Waals surface area contributed by atoms with E-state index in [0.717, 1.165) is 16.7 Å². The predicted octanol–water partition coefficient (Wildman–Crippen LogP) is 3.31. The number of amides is 1. The van der Waals surface area contributed by atoms with Gasteiger partial charge in [-0.05, 0) is 41.8 Å². The van der Waals surface area contributed by atoms with Crippen molar-refractivity contribution in [3.8, 4) is 5.88 Å². The van der Waals surface area contributed by atoms with Gasteiger partial charge in [-0.1, -0.05) is 0 Å². The van der Waals surface area contributed by atoms with Crippen LogP contribution in [0.5, 0.6) is 5.88 Å². The van der Waals surface area contributed by atoms with Gasteiger partial charge in [-0.25, -0.2) is 8.78 Å². The third-order valence-electron chi connectivity index (χ3n) is 6.80. The Kier molecular flexibility index (Phi) is 6.18. The quantitative estimate of drug-likeness (QED) is 0.496. The fourth-order valence-corrected chi connectivity index (χ4v) is 5.02. The average molecular weight is 510 g/mol. The number of nitrogens with one attached hydrogen (secondary N) is 1. The molecule has 0 saturated heterocycles. The minimum absolute atomic E-state index is 0.0424. The number of ether oxygens (including phenoxy) is 1. The Balaban J connectivity index is 1.28. The lowest BCUT2D eigenvalue weighted by atomic mass is 9.90. The second-order valence-corrected chi connectivity index (χ2v) is 9.05. The molecule has 36 heavy (non-hydrogen) atoms. The number of hydrogen-bond donors (Lipinski definition) is 2. The van der Waals surface area contributed by atoms with Gasteiger partial charge < -0.3 is 24.9 Å². The SMILES string of the molecule is N[C@@H](CC(=O)N1CCn2c(nnc2C(F)(F)F)C1)[C@H]1C[C@H](COc2ccc[nH]2)c2cc(F)c(F)cc21. The van der Waals surface area contributed by atoms with Gasteiger partial charge in [-0.3, -0.25) is 4.79 Å². The number of rotatable bonds is 6. The van der Waals surface area contributed by atoms with Crippen molar-refractivity contribution in [3.05, 3.63) is 64.9 Å². The maximum atomic E-state index is 14.1. The van der Waals surface area contributed by atoms with Crippen LogP contribution in [0.4, 0.5) is 22.0 Å². The van der Waals surface area contributed by atoms with Gasteiger partial charge in [-0.15, -0.1) is 10.2 Å². The van der Waals surface area contributed by atoms with Crippen molar-refractivity contribution in [2.24, 2.45) is 5.73 Å². The number of aromatic amines is 1. The average Bonchev–Trinajstić information content (AvgIpc) is 3.56. The zero-order valence-corrected chi connectivity index (χ0v) is 18.9. The van der Waals surface area contributed by atoms with Crippen molar-refractivity contribution in [3.63, 3.8) is 0 Å². The van der Waals surface area contributed by atoms with E-state index in [1.165, 1.54) is 4.90 Å². The normalized spacial score (nSPS) is 20.2. The van der Waals surface area contributed by atoms with Crippen LogP contribution in [0, 0.1) is 11.6 Å². The Morgan fingerprint density at radius 3 is 2.64 bits per heavy atom. The second-order valence-electron chi connectivity index (χ2n) is 9.05. The van der Waals surface area contributed by atoms with Crippen LogP contribution in [-0.2, 0) is 24.1 Å². The van der Waals surface area contributed by atoms with Crippen molar-refractivity contribution < 1.29 is 31.5 Å². The monoisotopic (exact) mass is 510 g/mol. The minimum Gasteiger partial charge on any atom is -0.478 e. The number of carbonyl (C=O) groups is 1. The number of aromatic nitrogens is 4. The number of carbonyl (C=O) groups excluding carboxylic acids is 1. The highest BCUT2D eigenvalue weighted by Gasteiger charge is 2.41. The molecular formula is C23H23F5N6O2. The van der Waals surface area contributed by atoms with E-state index in [4.69, 9.17) is 10.5 Å². The number of hydrogen-bond acceptors (Lipinski definition) is 5. The molecule has 0 fully saturated rings. The van der Waals surface area contributed by atoms with E-state index < -0.39 is 35.6 Å². The molecule has 5 rings (SSSR count). The highest BCUT2D eigenvalue weighted by atomic mass is 19.4. The Labute approximate surface area is 202 Å². The Morgan fingerprint density at radius 1 is 1.19 bits per heavy atom. The Bertz CT molecular complexity index is 1260. The molecule has 0 bridgehead atoms. The summed E-state index contributed by atoms with van der Waals surface area (Å²) in [6, 6.07) is 5.06. The highest BCUT2D eigenvalue weighted by molar-refractivity contribution is 5.77. The van der Waals surface area contributed by atoms with Crippen LogP contribution < -0.4 is 10.5 Å². The molecule has 3 aromatic rings. The molecule has 0 radical (unpaired) electrons. The number of benzene rings is 1. The van der Waals surface area contributed by atoms with Crippen LogP contribution >= 0.6 is 0 Å². The highest BCUT2D eigenvalue weighted by Crippen LogP contribution is 2.44. The van der Waals surface area contributed by atoms with E-state index in [2.05, 4.69) is 15.2 Å². The maximum absolute atomic E-state index is 14.1. The zero-order valence-electron chi connectivity index (χ0n) is 18.9. The van der Waals surface area contributed by atoms with Crippen molar-refractivity contribution in [2.45, 2.75) is 50.0 Å². The fourth-order valence-electron chi connectivity index (χ4n) is 5.02. The lowest BCUT2D eigenvalue weighted by Gasteiger charge is -2.30. The van der Waals surface area contributed by atoms with Crippen molar-refractivity contribution in [1.82, 2.24) is 24.6 Å². The molecule has 13 heteroatoms. The summed E-state index contributed by atoms with van der Waals surface area (Å²) in [5.41, 5.74) is 7.52. The summed E-state index contributed by atoms with van der Waals surface area (Å²) in [4.78, 5) is 17.3. The lowest BCUT2D eigenvalue weighted by molar-refractivity contribution is -0.148. The molecule has 0 unspecified atom stereocenters. The predicted molar refractivity (Wildman–Crippen MR) is 116 cm³/mol. The standard InChI is InChI=1S/C23H23F5N6O2/c24-16-7-13-12(11-36-20-2-1-3-30-20)6-15(14(13)8-17(16)25)18(29)9-21(35)33-4-5-34-19(10-33)31-32-22(34)23(26,27)28/h1-3,7-8,12,15,18,30H,4-6,9-11,29H2/t12-,15+,18+/m1/s1. The van der Waals surface area contributed by atoms with E-state index in [0.29, 0.717) is 23.4 Å². The number of halogens is 5. The summed E-state index contributed by atoms with van der Waals surface area (Å²) in [7, 11) is 0. The van der Waals surface area contributed by atoms with Gasteiger partial charge in [0.2, 0.25) is 11.7 Å². The Morgan fingerprint density at radius 2 is 1.94 bits per heavy atom. The van der Waals surface area contributed by atoms with Gasteiger partial charge in [0.25, 0.3) is 0 Å². The maximum Gasteiger partial charge on any atom is 0.451 e. The number of nitrogens with two attached hydrogens (primary N) is 1. The van der Waals surface area contributed by atoms with E-state index in [-0.39, 0.29) is 50.3 Å². The van der Waals surface area contributed by atoms with Crippen molar-refractivity contribution >= 4 is 5.91 Å². The summed E-state index contributed by atoms with van der Waals surface area (Å²) in [6.45, 7) is 0.0435. The molecular weight excluding hydrogens is 487 g/mol. The molecule has 3 N–H and O–H groups in total. The Hall–Kier alpha value is -3.48. The minimum atomic E-state index is -4.63. The largest absolute Gasteiger partial charge is 0.478 e. The van der Waals surface area contributed by atoms with Crippen molar-refractivity contribution in [1.29, 1.82) is 0 Å². The summed E-state index contributed by atoms with van der Waals surface area (Å²) >= 11 is 0. The molecule has 3 atom stereocenters. The molecule has 2 aliphatic rings. The first kappa shape index (κ1) is 24.2. The molecule has 1 aliphatic carbocycles. The van der Waals surface area contributed by atoms with Crippen LogP contribution in [0.1, 0.15) is 47.5 Å². The molecule has 8 nitrogen and oxygen atoms in total. The molecule has 1 amide bonds. The van der Waals surface area contributed by atoms with Crippen LogP contribution in [0.2, 0.25) is 0 Å². The van der Waals surface area contributed by atoms with Gasteiger partial charge in [0.05, 0.1) is 13.2 Å². The van der Waals surface area contributed by atoms with Gasteiger partial charge in [0, 0.05) is 43.6 Å². The fraction of sp³-hybridized carbons (Fsp3) is 0.435. The first-order chi connectivity index (χ1) is 17.1. The molecule has 1 aliphatic heterocycles. The summed E-state index contributed by atoms with van der Waals surface area (Å²) < 4.78 is 74.1. The summed E-state index contributed by atoms with van der Waals surface area (Å²) in [5.74, 6) is -3.54. The zero-order chi connectivity index (χ0) is 25.6. The smallest absolute Gasteiger partial charge is 0.451 e. The third kappa shape index (κ3) is 4.54. The van der Waals surface area contributed by atoms with Gasteiger partial charge in [-0.2, -0.15) is 13.2 Å². The van der Waals surface area contributed by atoms with Crippen LogP contribution in [-0.4, -0.2) is 49.7 Å². The van der Waals surface area contributed by atoms with Gasteiger partial charge in [0.1, 0.15) is 0 Å². The molecule has 192 valence electrons. The lowest BCUT2D eigenvalue weighted by Crippen LogP contribution is -2.42. The number of H-pyrrole nitrogens is 1. The summed E-state index contributed by atoms with van der Waals surface area (Å²) in [5, 5.41) is 6.80. The van der Waals surface area contributed by atoms with Crippen LogP contribution in [0.15, 0.2) is 30.5 Å². The van der Waals surface area contributed by atoms with E-state index in [1.807, 2.05) is 0 Å². The molecule has 0 saturated carbocycles. The third-order valence-corrected chi connectivity index (χ3v) is 6.80. The first-order valence-electron chi connectivity index (χ1n) is 11.4. The molecule has 3 heterocycles. The van der Waals surface area contributed by atoms with Gasteiger partial charge >= 0.3 is 6.18 Å². The van der Waals surface area contributed by atoms with E-state index in [1.54, 1.807) is 18.3 Å². The number of nitrogens with zero attached hydrogens (tertiary/aromatic N) is 4. The first-order valence-corrected chi connectivity index (χ1v) is 11.4. The molecule has 2 aromatic heterocycles. The van der Waals surface area contributed by atoms with Crippen LogP contribution in [0.25, 0.3) is 0 Å². The topological polar surface area (TPSA) is 102 Å². The van der Waals surface area contributed by atoms with Gasteiger partial charge in [0.15, 0.2) is 23.3 Å². The van der Waals surface area contributed by atoms with Crippen molar-refractivity contribution in [2.75, 3.05) is 13.2 Å². The van der Waals surface area contributed by atoms with E-state index in [9.17, 15) is 26.7 Å². The second kappa shape index (κ2) is 9.19.